The second-order valence-electron chi connectivity index (χ2n) is 4.80. The average Bonchev–Trinajstić information content (AvgIpc) is 2.30. The highest BCUT2D eigenvalue weighted by atomic mass is 19.4. The first-order chi connectivity index (χ1) is 8.86. The SMILES string of the molecule is FC1(Cc2ccc(OC(F)(F)F)cc2)CCCNC1. The van der Waals surface area contributed by atoms with Crippen LogP contribution in [0.3, 0.4) is 0 Å². The third-order valence-corrected chi connectivity index (χ3v) is 3.10. The largest absolute Gasteiger partial charge is 0.573 e. The molecule has 1 unspecified atom stereocenters. The maximum Gasteiger partial charge on any atom is 0.573 e. The van der Waals surface area contributed by atoms with Crippen LogP contribution < -0.4 is 10.1 Å². The lowest BCUT2D eigenvalue weighted by atomic mass is 9.89. The van der Waals surface area contributed by atoms with Crippen molar-refractivity contribution in [1.29, 1.82) is 0 Å². The van der Waals surface area contributed by atoms with Gasteiger partial charge in [0, 0.05) is 13.0 Å². The van der Waals surface area contributed by atoms with Gasteiger partial charge in [-0.15, -0.1) is 13.2 Å². The average molecular weight is 277 g/mol. The molecule has 1 aromatic rings. The molecule has 19 heavy (non-hydrogen) atoms. The van der Waals surface area contributed by atoms with Crippen LogP contribution in [0.4, 0.5) is 17.6 Å². The number of ether oxygens (including phenoxy) is 1. The van der Waals surface area contributed by atoms with E-state index in [4.69, 9.17) is 0 Å². The van der Waals surface area contributed by atoms with E-state index >= 15 is 0 Å². The summed E-state index contributed by atoms with van der Waals surface area (Å²) >= 11 is 0. The summed E-state index contributed by atoms with van der Waals surface area (Å²) in [6.07, 6.45) is -3.25. The highest BCUT2D eigenvalue weighted by Gasteiger charge is 2.33. The number of alkyl halides is 4. The zero-order chi connectivity index (χ0) is 13.9. The lowest BCUT2D eigenvalue weighted by Gasteiger charge is -2.30. The van der Waals surface area contributed by atoms with E-state index in [9.17, 15) is 17.6 Å². The van der Waals surface area contributed by atoms with Gasteiger partial charge in [-0.2, -0.15) is 0 Å². The Kier molecular flexibility index (Phi) is 3.99. The van der Waals surface area contributed by atoms with Gasteiger partial charge in [0.25, 0.3) is 0 Å². The number of benzene rings is 1. The van der Waals surface area contributed by atoms with E-state index in [0.717, 1.165) is 13.0 Å². The number of hydrogen-bond donors (Lipinski definition) is 1. The number of nitrogens with one attached hydrogen (secondary N) is 1. The van der Waals surface area contributed by atoms with Gasteiger partial charge in [-0.3, -0.25) is 0 Å². The summed E-state index contributed by atoms with van der Waals surface area (Å²) in [5.74, 6) is -0.286. The van der Waals surface area contributed by atoms with Crippen molar-refractivity contribution in [1.82, 2.24) is 5.32 Å². The molecule has 0 saturated carbocycles. The van der Waals surface area contributed by atoms with Crippen LogP contribution in [0, 0.1) is 0 Å². The smallest absolute Gasteiger partial charge is 0.406 e. The van der Waals surface area contributed by atoms with Crippen LogP contribution in [0.15, 0.2) is 24.3 Å². The Morgan fingerprint density at radius 3 is 2.42 bits per heavy atom. The maximum atomic E-state index is 14.4. The fraction of sp³-hybridized carbons (Fsp3) is 0.538. The molecule has 1 aliphatic heterocycles. The summed E-state index contributed by atoms with van der Waals surface area (Å²) in [5.41, 5.74) is -0.647. The van der Waals surface area contributed by atoms with Gasteiger partial charge in [0.05, 0.1) is 0 Å². The lowest BCUT2D eigenvalue weighted by molar-refractivity contribution is -0.274. The number of piperidine rings is 1. The zero-order valence-electron chi connectivity index (χ0n) is 10.3. The van der Waals surface area contributed by atoms with E-state index < -0.39 is 12.0 Å². The molecule has 1 aliphatic rings. The quantitative estimate of drug-likeness (QED) is 0.857. The monoisotopic (exact) mass is 277 g/mol. The fourth-order valence-corrected chi connectivity index (χ4v) is 2.26. The van der Waals surface area contributed by atoms with E-state index in [1.807, 2.05) is 0 Å². The fourth-order valence-electron chi connectivity index (χ4n) is 2.26. The van der Waals surface area contributed by atoms with Crippen LogP contribution >= 0.6 is 0 Å². The van der Waals surface area contributed by atoms with E-state index in [-0.39, 0.29) is 18.7 Å². The summed E-state index contributed by atoms with van der Waals surface area (Å²) in [7, 11) is 0. The predicted molar refractivity (Wildman–Crippen MR) is 62.8 cm³/mol. The predicted octanol–water partition coefficient (Wildman–Crippen LogP) is 3.22. The molecule has 2 nitrogen and oxygen atoms in total. The van der Waals surface area contributed by atoms with Crippen molar-refractivity contribution in [2.24, 2.45) is 0 Å². The Morgan fingerprint density at radius 2 is 1.89 bits per heavy atom. The molecular formula is C13H15F4NO. The Hall–Kier alpha value is -1.30. The Labute approximate surface area is 108 Å². The summed E-state index contributed by atoms with van der Waals surface area (Å²) in [4.78, 5) is 0. The van der Waals surface area contributed by atoms with Crippen LogP contribution in [0.2, 0.25) is 0 Å². The Bertz CT molecular complexity index is 410. The second-order valence-corrected chi connectivity index (χ2v) is 4.80. The third kappa shape index (κ3) is 4.38. The van der Waals surface area contributed by atoms with Crippen molar-refractivity contribution in [3.63, 3.8) is 0 Å². The number of halogens is 4. The van der Waals surface area contributed by atoms with Gasteiger partial charge in [-0.05, 0) is 37.1 Å². The topological polar surface area (TPSA) is 21.3 Å². The van der Waals surface area contributed by atoms with Crippen molar-refractivity contribution in [3.8, 4) is 5.75 Å². The van der Waals surface area contributed by atoms with E-state index in [2.05, 4.69) is 10.1 Å². The second kappa shape index (κ2) is 5.36. The minimum atomic E-state index is -4.70. The van der Waals surface area contributed by atoms with Crippen LogP contribution in [-0.2, 0) is 6.42 Å². The minimum Gasteiger partial charge on any atom is -0.406 e. The summed E-state index contributed by atoms with van der Waals surface area (Å²) in [6.45, 7) is 1.10. The molecule has 0 radical (unpaired) electrons. The van der Waals surface area contributed by atoms with Gasteiger partial charge < -0.3 is 10.1 Å². The molecule has 0 amide bonds. The molecule has 0 bridgehead atoms. The first-order valence-electron chi connectivity index (χ1n) is 6.11. The summed E-state index contributed by atoms with van der Waals surface area (Å²) in [5, 5.41) is 2.99. The van der Waals surface area contributed by atoms with Crippen LogP contribution in [-0.4, -0.2) is 25.1 Å². The highest BCUT2D eigenvalue weighted by molar-refractivity contribution is 5.28. The van der Waals surface area contributed by atoms with Gasteiger partial charge in [0.2, 0.25) is 0 Å². The minimum absolute atomic E-state index is 0.201. The molecule has 1 N–H and O–H groups in total. The normalized spacial score (nSPS) is 24.2. The van der Waals surface area contributed by atoms with Gasteiger partial charge >= 0.3 is 6.36 Å². The molecule has 1 heterocycles. The number of rotatable bonds is 3. The van der Waals surface area contributed by atoms with Gasteiger partial charge in [0.15, 0.2) is 0 Å². The van der Waals surface area contributed by atoms with Crippen LogP contribution in [0.5, 0.6) is 5.75 Å². The van der Waals surface area contributed by atoms with Crippen molar-refractivity contribution in [2.45, 2.75) is 31.3 Å². The van der Waals surface area contributed by atoms with Gasteiger partial charge in [-0.25, -0.2) is 4.39 Å². The number of hydrogen-bond acceptors (Lipinski definition) is 2. The van der Waals surface area contributed by atoms with E-state index in [1.54, 1.807) is 0 Å². The van der Waals surface area contributed by atoms with E-state index in [1.165, 1.54) is 24.3 Å². The molecule has 1 aromatic carbocycles. The van der Waals surface area contributed by atoms with Crippen molar-refractivity contribution < 1.29 is 22.3 Å². The first-order valence-corrected chi connectivity index (χ1v) is 6.11. The molecule has 0 aliphatic carbocycles. The summed E-state index contributed by atoms with van der Waals surface area (Å²) < 4.78 is 54.1. The molecule has 0 spiro atoms. The molecule has 2 rings (SSSR count). The van der Waals surface area contributed by atoms with Crippen LogP contribution in [0.1, 0.15) is 18.4 Å². The first kappa shape index (κ1) is 14.1. The lowest BCUT2D eigenvalue weighted by Crippen LogP contribution is -2.43. The summed E-state index contributed by atoms with van der Waals surface area (Å²) in [6, 6.07) is 5.36. The Balaban J connectivity index is 1.98. The standard InChI is InChI=1S/C13H15F4NO/c14-12(6-1-7-18-9-12)8-10-2-4-11(5-3-10)19-13(15,16)17/h2-5,18H,1,6-9H2. The van der Waals surface area contributed by atoms with Gasteiger partial charge in [-0.1, -0.05) is 12.1 Å². The van der Waals surface area contributed by atoms with Crippen LogP contribution in [0.25, 0.3) is 0 Å². The van der Waals surface area contributed by atoms with Gasteiger partial charge in [0.1, 0.15) is 11.4 Å². The van der Waals surface area contributed by atoms with E-state index in [0.29, 0.717) is 12.0 Å². The molecule has 1 fully saturated rings. The van der Waals surface area contributed by atoms with Crippen molar-refractivity contribution in [2.75, 3.05) is 13.1 Å². The molecular weight excluding hydrogens is 262 g/mol. The zero-order valence-corrected chi connectivity index (χ0v) is 10.3. The molecule has 106 valence electrons. The van der Waals surface area contributed by atoms with Crippen molar-refractivity contribution >= 4 is 0 Å². The van der Waals surface area contributed by atoms with Crippen molar-refractivity contribution in [3.05, 3.63) is 29.8 Å². The molecule has 0 aromatic heterocycles. The third-order valence-electron chi connectivity index (χ3n) is 3.10. The molecule has 1 atom stereocenters. The molecule has 6 heteroatoms. The Morgan fingerprint density at radius 1 is 1.21 bits per heavy atom. The maximum absolute atomic E-state index is 14.4. The molecule has 1 saturated heterocycles. The highest BCUT2D eigenvalue weighted by Crippen LogP contribution is 2.28.